The van der Waals surface area contributed by atoms with Crippen LogP contribution in [0.25, 0.3) is 0 Å². The highest BCUT2D eigenvalue weighted by Crippen LogP contribution is 2.31. The summed E-state index contributed by atoms with van der Waals surface area (Å²) in [6, 6.07) is 0. The van der Waals surface area contributed by atoms with Crippen molar-refractivity contribution < 1.29 is 13.9 Å². The van der Waals surface area contributed by atoms with Gasteiger partial charge in [0.15, 0.2) is 0 Å². The van der Waals surface area contributed by atoms with Crippen LogP contribution in [-0.2, 0) is 0 Å². The number of hydrogen-bond donors (Lipinski definition) is 1. The van der Waals surface area contributed by atoms with E-state index in [0.717, 1.165) is 0 Å². The van der Waals surface area contributed by atoms with Crippen LogP contribution >= 0.6 is 0 Å². The summed E-state index contributed by atoms with van der Waals surface area (Å²) in [5, 5.41) is 8.69. The predicted molar refractivity (Wildman–Crippen MR) is 29.4 cm³/mol. The number of alkyl halides is 2. The highest BCUT2D eigenvalue weighted by atomic mass is 19.3. The Bertz CT molecular complexity index is 89.1. The average molecular weight is 136 g/mol. The van der Waals surface area contributed by atoms with Crippen molar-refractivity contribution in [1.82, 2.24) is 0 Å². The Kier molecular flexibility index (Phi) is 2.01. The summed E-state index contributed by atoms with van der Waals surface area (Å²) in [5.41, 5.74) is 0. The quantitative estimate of drug-likeness (QED) is 0.608. The summed E-state index contributed by atoms with van der Waals surface area (Å²) in [5.74, 6) is 0.0833. The molecule has 1 saturated carbocycles. The maximum atomic E-state index is 11.6. The molecule has 0 aliphatic heterocycles. The molecule has 9 heavy (non-hydrogen) atoms. The van der Waals surface area contributed by atoms with E-state index in [2.05, 4.69) is 0 Å². The lowest BCUT2D eigenvalue weighted by atomic mass is 9.80. The van der Waals surface area contributed by atoms with Crippen molar-refractivity contribution in [2.75, 3.05) is 0 Å². The normalized spacial score (nSPS) is 34.7. The molecular weight excluding hydrogens is 126 g/mol. The minimum absolute atomic E-state index is 0.0307. The summed E-state index contributed by atoms with van der Waals surface area (Å²) in [4.78, 5) is 0. The van der Waals surface area contributed by atoms with Gasteiger partial charge >= 0.3 is 0 Å². The van der Waals surface area contributed by atoms with Gasteiger partial charge in [-0.15, -0.1) is 0 Å². The van der Waals surface area contributed by atoms with Gasteiger partial charge in [-0.1, -0.05) is 0 Å². The van der Waals surface area contributed by atoms with E-state index in [1.807, 2.05) is 0 Å². The van der Waals surface area contributed by atoms with Gasteiger partial charge in [0.25, 0.3) is 0 Å². The molecule has 1 fully saturated rings. The molecule has 0 aromatic carbocycles. The first-order valence-electron chi connectivity index (χ1n) is 3.14. The van der Waals surface area contributed by atoms with Crippen LogP contribution in [-0.4, -0.2) is 17.6 Å². The van der Waals surface area contributed by atoms with Crippen LogP contribution in [0.3, 0.4) is 0 Å². The van der Waals surface area contributed by atoms with Crippen molar-refractivity contribution in [2.45, 2.75) is 31.8 Å². The number of aliphatic hydroxyl groups is 1. The van der Waals surface area contributed by atoms with Crippen LogP contribution in [0.5, 0.6) is 0 Å². The van der Waals surface area contributed by atoms with Gasteiger partial charge in [0, 0.05) is 6.42 Å². The third-order valence-corrected chi connectivity index (χ3v) is 1.72. The lowest BCUT2D eigenvalue weighted by Crippen LogP contribution is -2.29. The molecule has 0 saturated heterocycles. The third kappa shape index (κ3) is 1.90. The zero-order chi connectivity index (χ0) is 6.85. The second-order valence-electron chi connectivity index (χ2n) is 2.62. The summed E-state index contributed by atoms with van der Waals surface area (Å²) in [7, 11) is 0. The van der Waals surface area contributed by atoms with E-state index in [0.29, 0.717) is 12.8 Å². The lowest BCUT2D eigenvalue weighted by molar-refractivity contribution is 0.00712. The molecule has 0 aromatic rings. The predicted octanol–water partition coefficient (Wildman–Crippen LogP) is 1.41. The van der Waals surface area contributed by atoms with Gasteiger partial charge in [0.05, 0.1) is 6.10 Å². The molecule has 0 bridgehead atoms. The van der Waals surface area contributed by atoms with Crippen molar-refractivity contribution in [3.8, 4) is 0 Å². The Morgan fingerprint density at radius 3 is 2.33 bits per heavy atom. The highest BCUT2D eigenvalue weighted by Gasteiger charge is 2.29. The highest BCUT2D eigenvalue weighted by molar-refractivity contribution is 4.78. The molecular formula is C6H10F2O. The molecule has 1 nitrogen and oxygen atoms in total. The van der Waals surface area contributed by atoms with Crippen LogP contribution in [0, 0.1) is 5.92 Å². The molecule has 0 heterocycles. The zero-order valence-corrected chi connectivity index (χ0v) is 5.06. The molecule has 1 N–H and O–H groups in total. The summed E-state index contributed by atoms with van der Waals surface area (Å²) in [6.45, 7) is 0. The van der Waals surface area contributed by atoms with Gasteiger partial charge in [-0.25, -0.2) is 8.78 Å². The first kappa shape index (κ1) is 6.93. The molecule has 0 unspecified atom stereocenters. The van der Waals surface area contributed by atoms with Crippen LogP contribution in [0.2, 0.25) is 0 Å². The standard InChI is InChI=1S/C6H10F2O/c7-6(8)3-4-1-5(9)2-4/h4-6,9H,1-3H2. The fourth-order valence-corrected chi connectivity index (χ4v) is 1.14. The maximum absolute atomic E-state index is 11.6. The molecule has 1 aliphatic carbocycles. The maximum Gasteiger partial charge on any atom is 0.238 e. The van der Waals surface area contributed by atoms with Crippen LogP contribution in [0.1, 0.15) is 19.3 Å². The van der Waals surface area contributed by atoms with Crippen molar-refractivity contribution in [3.05, 3.63) is 0 Å². The molecule has 0 atom stereocenters. The van der Waals surface area contributed by atoms with Crippen LogP contribution in [0.4, 0.5) is 8.78 Å². The van der Waals surface area contributed by atoms with E-state index in [4.69, 9.17) is 5.11 Å². The number of aliphatic hydroxyl groups excluding tert-OH is 1. The molecule has 3 heteroatoms. The van der Waals surface area contributed by atoms with E-state index >= 15 is 0 Å². The van der Waals surface area contributed by atoms with E-state index in [9.17, 15) is 8.78 Å². The largest absolute Gasteiger partial charge is 0.393 e. The smallest absolute Gasteiger partial charge is 0.238 e. The van der Waals surface area contributed by atoms with Crippen molar-refractivity contribution in [3.63, 3.8) is 0 Å². The second kappa shape index (κ2) is 2.60. The van der Waals surface area contributed by atoms with E-state index in [-0.39, 0.29) is 18.4 Å². The molecule has 0 aromatic heterocycles. The fourth-order valence-electron chi connectivity index (χ4n) is 1.14. The Hall–Kier alpha value is -0.180. The van der Waals surface area contributed by atoms with Gasteiger partial charge in [0.1, 0.15) is 0 Å². The minimum atomic E-state index is -2.19. The second-order valence-corrected chi connectivity index (χ2v) is 2.62. The van der Waals surface area contributed by atoms with Crippen molar-refractivity contribution in [2.24, 2.45) is 5.92 Å². The zero-order valence-electron chi connectivity index (χ0n) is 5.06. The first-order chi connectivity index (χ1) is 4.18. The minimum Gasteiger partial charge on any atom is -0.393 e. The van der Waals surface area contributed by atoms with Gasteiger partial charge in [-0.05, 0) is 18.8 Å². The summed E-state index contributed by atoms with van der Waals surface area (Å²) >= 11 is 0. The van der Waals surface area contributed by atoms with Crippen LogP contribution < -0.4 is 0 Å². The average Bonchev–Trinajstić information content (AvgIpc) is 1.60. The number of rotatable bonds is 2. The summed E-state index contributed by atoms with van der Waals surface area (Å²) < 4.78 is 23.1. The lowest BCUT2D eigenvalue weighted by Gasteiger charge is -2.30. The van der Waals surface area contributed by atoms with Crippen LogP contribution in [0.15, 0.2) is 0 Å². The van der Waals surface area contributed by atoms with Gasteiger partial charge in [-0.2, -0.15) is 0 Å². The number of halogens is 2. The van der Waals surface area contributed by atoms with Gasteiger partial charge in [-0.3, -0.25) is 0 Å². The van der Waals surface area contributed by atoms with E-state index in [1.165, 1.54) is 0 Å². The Balaban J connectivity index is 2.04. The molecule has 0 radical (unpaired) electrons. The van der Waals surface area contributed by atoms with Gasteiger partial charge < -0.3 is 5.11 Å². The molecule has 1 rings (SSSR count). The Morgan fingerprint density at radius 1 is 1.44 bits per heavy atom. The Labute approximate surface area is 52.7 Å². The third-order valence-electron chi connectivity index (χ3n) is 1.72. The van der Waals surface area contributed by atoms with Gasteiger partial charge in [0.2, 0.25) is 6.43 Å². The first-order valence-corrected chi connectivity index (χ1v) is 3.14. The Morgan fingerprint density at radius 2 is 2.00 bits per heavy atom. The fraction of sp³-hybridized carbons (Fsp3) is 1.00. The number of hydrogen-bond acceptors (Lipinski definition) is 1. The van der Waals surface area contributed by atoms with Crippen molar-refractivity contribution in [1.29, 1.82) is 0 Å². The van der Waals surface area contributed by atoms with E-state index in [1.54, 1.807) is 0 Å². The molecule has 1 aliphatic rings. The molecule has 0 amide bonds. The monoisotopic (exact) mass is 136 g/mol. The SMILES string of the molecule is OC1CC(CC(F)F)C1. The topological polar surface area (TPSA) is 20.2 Å². The van der Waals surface area contributed by atoms with Crippen molar-refractivity contribution >= 4 is 0 Å². The molecule has 54 valence electrons. The van der Waals surface area contributed by atoms with E-state index < -0.39 is 6.43 Å². The summed E-state index contributed by atoms with van der Waals surface area (Å²) in [6.07, 6.45) is -1.37. The molecule has 0 spiro atoms.